The number of nitrogens with zero attached hydrogens (tertiary/aromatic N) is 1. The minimum Gasteiger partial charge on any atom is -0.343 e. The van der Waals surface area contributed by atoms with Crippen LogP contribution in [0.3, 0.4) is 0 Å². The summed E-state index contributed by atoms with van der Waals surface area (Å²) < 4.78 is 0. The molecule has 30 heavy (non-hydrogen) atoms. The third kappa shape index (κ3) is 4.14. The van der Waals surface area contributed by atoms with Crippen molar-refractivity contribution in [3.05, 3.63) is 49.1 Å². The molecule has 7 heteroatoms. The Bertz CT molecular complexity index is 1080. The number of aromatic amines is 1. The van der Waals surface area contributed by atoms with E-state index < -0.39 is 0 Å². The summed E-state index contributed by atoms with van der Waals surface area (Å²) in [5.74, 6) is 1.90. The first-order valence-electron chi connectivity index (χ1n) is 10.5. The van der Waals surface area contributed by atoms with Crippen molar-refractivity contribution in [3.8, 4) is 0 Å². The lowest BCUT2D eigenvalue weighted by Crippen LogP contribution is -2.36. The van der Waals surface area contributed by atoms with Gasteiger partial charge >= 0.3 is 0 Å². The van der Waals surface area contributed by atoms with Crippen LogP contribution in [0.25, 0.3) is 0 Å². The fourth-order valence-electron chi connectivity index (χ4n) is 4.25. The summed E-state index contributed by atoms with van der Waals surface area (Å²) in [7, 11) is 0. The van der Waals surface area contributed by atoms with Crippen LogP contribution in [-0.2, 0) is 4.79 Å². The number of H-pyrrole nitrogens is 1. The van der Waals surface area contributed by atoms with E-state index in [-0.39, 0.29) is 22.7 Å². The van der Waals surface area contributed by atoms with Gasteiger partial charge in [-0.2, -0.15) is 0 Å². The Morgan fingerprint density at radius 1 is 1.27 bits per heavy atom. The number of aryl methyl sites for hydroxylation is 1. The molecule has 0 amide bonds. The summed E-state index contributed by atoms with van der Waals surface area (Å²) in [6.07, 6.45) is 2.34. The van der Waals surface area contributed by atoms with Crippen molar-refractivity contribution in [2.24, 2.45) is 11.3 Å². The molecule has 0 saturated carbocycles. The van der Waals surface area contributed by atoms with Gasteiger partial charge in [0, 0.05) is 33.2 Å². The molecule has 1 atom stereocenters. The van der Waals surface area contributed by atoms with Gasteiger partial charge in [-0.15, -0.1) is 11.3 Å². The third-order valence-corrected chi connectivity index (χ3v) is 7.65. The number of thiophene rings is 1. The van der Waals surface area contributed by atoms with Gasteiger partial charge in [0.2, 0.25) is 0 Å². The molecule has 4 rings (SSSR count). The second-order valence-electron chi connectivity index (χ2n) is 9.50. The first kappa shape index (κ1) is 21.4. The molecule has 0 unspecified atom stereocenters. The summed E-state index contributed by atoms with van der Waals surface area (Å²) >= 11 is 3.23. The van der Waals surface area contributed by atoms with Gasteiger partial charge in [0.05, 0.1) is 11.5 Å². The van der Waals surface area contributed by atoms with Crippen molar-refractivity contribution in [1.29, 1.82) is 0 Å². The monoisotopic (exact) mass is 443 g/mol. The van der Waals surface area contributed by atoms with E-state index in [1.54, 1.807) is 23.1 Å². The molecule has 160 valence electrons. The Morgan fingerprint density at radius 2 is 2.03 bits per heavy atom. The highest BCUT2D eigenvalue weighted by molar-refractivity contribution is 7.99. The molecular formula is C23H29N3O2S2. The molecule has 2 aromatic rings. The van der Waals surface area contributed by atoms with E-state index in [4.69, 9.17) is 4.98 Å². The van der Waals surface area contributed by atoms with Gasteiger partial charge in [0.25, 0.3) is 5.56 Å². The third-order valence-electron chi connectivity index (χ3n) is 5.68. The molecular weight excluding hydrogens is 414 g/mol. The first-order chi connectivity index (χ1) is 14.1. The van der Waals surface area contributed by atoms with Gasteiger partial charge in [-0.3, -0.25) is 9.59 Å². The fraction of sp³-hybridized carbons (Fsp3) is 0.522. The molecule has 0 aromatic carbocycles. The van der Waals surface area contributed by atoms with Crippen LogP contribution >= 0.6 is 23.1 Å². The lowest BCUT2D eigenvalue weighted by molar-refractivity contribution is -0.118. The lowest BCUT2D eigenvalue weighted by Gasteiger charge is -2.38. The number of hydrogen-bond donors (Lipinski definition) is 2. The number of Topliss-reactive ketones (excluding diaryl/α,β-unsaturated/α-hetero) is 1. The SMILES string of the molecule is Cc1ccc([C@@H]2C3=C(CC(C)(C)CC3=O)Nc3nc(SCCC(C)C)[nH]c(=O)c32)s1. The van der Waals surface area contributed by atoms with E-state index >= 15 is 0 Å². The second kappa shape index (κ2) is 8.00. The number of rotatable bonds is 5. The Kier molecular flexibility index (Phi) is 5.70. The number of anilines is 1. The number of ketones is 1. The molecule has 0 fully saturated rings. The predicted molar refractivity (Wildman–Crippen MR) is 125 cm³/mol. The number of hydrogen-bond acceptors (Lipinski definition) is 6. The zero-order chi connectivity index (χ0) is 21.6. The van der Waals surface area contributed by atoms with Crippen LogP contribution in [0.1, 0.15) is 68.2 Å². The standard InChI is InChI=1S/C23H29N3O2S2/c1-12(2)8-9-29-22-25-20-19(21(28)26-22)18(16-7-6-13(3)30-16)17-14(24-20)10-23(4,5)11-15(17)27/h6-7,12,18H,8-11H2,1-5H3,(H2,24,25,26,28)/t18-/m1/s1. The minimum atomic E-state index is -0.343. The summed E-state index contributed by atoms with van der Waals surface area (Å²) in [4.78, 5) is 36.3. The Morgan fingerprint density at radius 3 is 2.70 bits per heavy atom. The van der Waals surface area contributed by atoms with Gasteiger partial charge in [0.1, 0.15) is 5.82 Å². The van der Waals surface area contributed by atoms with Crippen molar-refractivity contribution < 1.29 is 4.79 Å². The van der Waals surface area contributed by atoms with Gasteiger partial charge in [-0.1, -0.05) is 39.5 Å². The normalized spacial score (nSPS) is 20.2. The molecule has 2 aliphatic rings. The molecule has 0 saturated heterocycles. The molecule has 1 aliphatic heterocycles. The van der Waals surface area contributed by atoms with E-state index in [1.165, 1.54) is 4.88 Å². The van der Waals surface area contributed by atoms with Crippen molar-refractivity contribution in [2.45, 2.75) is 65.0 Å². The molecule has 0 radical (unpaired) electrons. The second-order valence-corrected chi connectivity index (χ2v) is 11.9. The van der Waals surface area contributed by atoms with E-state index in [0.717, 1.165) is 34.7 Å². The maximum absolute atomic E-state index is 13.2. The number of nitrogens with one attached hydrogen (secondary N) is 2. The number of aromatic nitrogens is 2. The minimum absolute atomic E-state index is 0.105. The topological polar surface area (TPSA) is 74.8 Å². The van der Waals surface area contributed by atoms with Crippen molar-refractivity contribution in [1.82, 2.24) is 9.97 Å². The molecule has 5 nitrogen and oxygen atoms in total. The maximum atomic E-state index is 13.2. The van der Waals surface area contributed by atoms with Crippen molar-refractivity contribution in [3.63, 3.8) is 0 Å². The molecule has 0 bridgehead atoms. The summed E-state index contributed by atoms with van der Waals surface area (Å²) in [6, 6.07) is 4.10. The number of allylic oxidation sites excluding steroid dienone is 2. The predicted octanol–water partition coefficient (Wildman–Crippen LogP) is 5.48. The van der Waals surface area contributed by atoms with E-state index in [0.29, 0.717) is 28.9 Å². The van der Waals surface area contributed by atoms with Crippen LogP contribution in [0.4, 0.5) is 5.82 Å². The highest BCUT2D eigenvalue weighted by Crippen LogP contribution is 2.48. The van der Waals surface area contributed by atoms with Crippen LogP contribution in [0.5, 0.6) is 0 Å². The Labute approximate surface area is 185 Å². The Balaban J connectivity index is 1.81. The highest BCUT2D eigenvalue weighted by atomic mass is 32.2. The van der Waals surface area contributed by atoms with Crippen molar-refractivity contribution in [2.75, 3.05) is 11.1 Å². The summed E-state index contributed by atoms with van der Waals surface area (Å²) in [5, 5.41) is 4.03. The highest BCUT2D eigenvalue weighted by Gasteiger charge is 2.42. The quantitative estimate of drug-likeness (QED) is 0.473. The Hall–Kier alpha value is -1.86. The number of thioether (sulfide) groups is 1. The first-order valence-corrected chi connectivity index (χ1v) is 12.3. The largest absolute Gasteiger partial charge is 0.343 e. The van der Waals surface area contributed by atoms with E-state index in [9.17, 15) is 9.59 Å². The number of fused-ring (bicyclic) bond motifs is 1. The smallest absolute Gasteiger partial charge is 0.257 e. The molecule has 0 spiro atoms. The molecule has 2 aromatic heterocycles. The summed E-state index contributed by atoms with van der Waals surface area (Å²) in [6.45, 7) is 10.7. The van der Waals surface area contributed by atoms with Gasteiger partial charge < -0.3 is 10.3 Å². The van der Waals surface area contributed by atoms with Gasteiger partial charge in [0.15, 0.2) is 10.9 Å². The van der Waals surface area contributed by atoms with Crippen LogP contribution < -0.4 is 10.9 Å². The number of carbonyl (C=O) groups is 1. The van der Waals surface area contributed by atoms with E-state index in [1.807, 2.05) is 13.0 Å². The van der Waals surface area contributed by atoms with Crippen LogP contribution in [0, 0.1) is 18.3 Å². The van der Waals surface area contributed by atoms with Gasteiger partial charge in [-0.05, 0) is 43.2 Å². The summed E-state index contributed by atoms with van der Waals surface area (Å²) in [5.41, 5.74) is 1.98. The average Bonchev–Trinajstić information content (AvgIpc) is 3.04. The maximum Gasteiger partial charge on any atom is 0.257 e. The molecule has 3 heterocycles. The van der Waals surface area contributed by atoms with Crippen LogP contribution in [0.15, 0.2) is 33.4 Å². The van der Waals surface area contributed by atoms with E-state index in [2.05, 4.69) is 44.1 Å². The number of carbonyl (C=O) groups excluding carboxylic acids is 1. The lowest BCUT2D eigenvalue weighted by atomic mass is 9.70. The average molecular weight is 444 g/mol. The zero-order valence-corrected chi connectivity index (χ0v) is 19.9. The van der Waals surface area contributed by atoms with Gasteiger partial charge in [-0.25, -0.2) is 4.98 Å². The molecule has 1 aliphatic carbocycles. The zero-order valence-electron chi connectivity index (χ0n) is 18.2. The van der Waals surface area contributed by atoms with Crippen molar-refractivity contribution >= 4 is 34.7 Å². The van der Waals surface area contributed by atoms with Crippen LogP contribution in [0.2, 0.25) is 0 Å². The van der Waals surface area contributed by atoms with Crippen LogP contribution in [-0.4, -0.2) is 21.5 Å². The fourth-order valence-corrected chi connectivity index (χ4v) is 6.35. The molecule has 2 N–H and O–H groups in total.